The molecule has 1 saturated carbocycles. The Kier molecular flexibility index (Phi) is 3.67. The third-order valence-corrected chi connectivity index (χ3v) is 6.32. The van der Waals surface area contributed by atoms with E-state index in [1.807, 2.05) is 0 Å². The molecule has 3 atom stereocenters. The van der Waals surface area contributed by atoms with E-state index in [1.54, 1.807) is 0 Å². The van der Waals surface area contributed by atoms with Gasteiger partial charge in [-0.1, -0.05) is 73.2 Å². The Morgan fingerprint density at radius 3 is 2.48 bits per heavy atom. The summed E-state index contributed by atoms with van der Waals surface area (Å²) in [6.45, 7) is 1.86. The molecule has 2 nitrogen and oxygen atoms in total. The Balaban J connectivity index is 1.68. The quantitative estimate of drug-likeness (QED) is 0.764. The van der Waals surface area contributed by atoms with Crippen molar-refractivity contribution < 1.29 is 4.74 Å². The largest absolute Gasteiger partial charge is 0.353 e. The van der Waals surface area contributed by atoms with Gasteiger partial charge in [-0.15, -0.1) is 0 Å². The molecule has 2 heterocycles. The smallest absolute Gasteiger partial charge is 0.145 e. The highest BCUT2D eigenvalue weighted by molar-refractivity contribution is 5.67. The first-order valence-electron chi connectivity index (χ1n) is 9.62. The molecule has 25 heavy (non-hydrogen) atoms. The lowest BCUT2D eigenvalue weighted by molar-refractivity contribution is -0.136. The normalized spacial score (nSPS) is 31.2. The standard InChI is InChI=1S/C23H25NO/c1-3-9-18(10-4-1)20-17-22(19-11-5-2-6-12-19)24-15-16-25-23(24)14-8-7-13-21(20)23/h1-6,9-12,17,20-21H,7-8,13-16H2/t20-,21+,23+/m1/s1. The molecule has 1 spiro atoms. The van der Waals surface area contributed by atoms with E-state index in [9.17, 15) is 0 Å². The van der Waals surface area contributed by atoms with Crippen LogP contribution in [0.2, 0.25) is 0 Å². The van der Waals surface area contributed by atoms with Crippen molar-refractivity contribution in [1.82, 2.24) is 4.90 Å². The van der Waals surface area contributed by atoms with Gasteiger partial charge in [0.2, 0.25) is 0 Å². The molecule has 2 fully saturated rings. The highest BCUT2D eigenvalue weighted by Crippen LogP contribution is 2.55. The maximum atomic E-state index is 6.54. The van der Waals surface area contributed by atoms with Crippen molar-refractivity contribution in [3.8, 4) is 0 Å². The molecule has 0 bridgehead atoms. The van der Waals surface area contributed by atoms with Crippen molar-refractivity contribution >= 4 is 5.70 Å². The molecular weight excluding hydrogens is 306 g/mol. The van der Waals surface area contributed by atoms with Crippen LogP contribution in [0, 0.1) is 5.92 Å². The number of hydrogen-bond donors (Lipinski definition) is 0. The Morgan fingerprint density at radius 2 is 1.68 bits per heavy atom. The molecule has 2 heteroatoms. The molecule has 0 amide bonds. The number of allylic oxidation sites excluding steroid dienone is 1. The van der Waals surface area contributed by atoms with Crippen LogP contribution in [0.15, 0.2) is 66.7 Å². The second-order valence-corrected chi connectivity index (χ2v) is 7.55. The van der Waals surface area contributed by atoms with E-state index < -0.39 is 0 Å². The fourth-order valence-corrected chi connectivity index (χ4v) is 5.27. The zero-order valence-electron chi connectivity index (χ0n) is 14.6. The van der Waals surface area contributed by atoms with Crippen LogP contribution in [0.1, 0.15) is 42.7 Å². The van der Waals surface area contributed by atoms with Gasteiger partial charge in [0, 0.05) is 24.1 Å². The van der Waals surface area contributed by atoms with E-state index in [4.69, 9.17) is 4.74 Å². The Bertz CT molecular complexity index is 769. The minimum atomic E-state index is -0.0985. The molecule has 5 rings (SSSR count). The molecule has 0 unspecified atom stereocenters. The van der Waals surface area contributed by atoms with Gasteiger partial charge in [-0.2, -0.15) is 0 Å². The molecule has 3 aliphatic rings. The van der Waals surface area contributed by atoms with Crippen LogP contribution >= 0.6 is 0 Å². The highest BCUT2D eigenvalue weighted by Gasteiger charge is 2.55. The fourth-order valence-electron chi connectivity index (χ4n) is 5.27. The third kappa shape index (κ3) is 2.35. The van der Waals surface area contributed by atoms with E-state index in [0.717, 1.165) is 19.6 Å². The lowest BCUT2D eigenvalue weighted by Gasteiger charge is -2.53. The van der Waals surface area contributed by atoms with Crippen molar-refractivity contribution in [3.63, 3.8) is 0 Å². The third-order valence-electron chi connectivity index (χ3n) is 6.32. The Morgan fingerprint density at radius 1 is 0.920 bits per heavy atom. The first-order valence-corrected chi connectivity index (χ1v) is 9.62. The molecule has 2 aromatic rings. The average Bonchev–Trinajstić information content (AvgIpc) is 3.11. The van der Waals surface area contributed by atoms with E-state index in [0.29, 0.717) is 11.8 Å². The second kappa shape index (κ2) is 6.03. The first kappa shape index (κ1) is 15.2. The maximum absolute atomic E-state index is 6.54. The van der Waals surface area contributed by atoms with Crippen molar-refractivity contribution in [2.45, 2.75) is 37.3 Å². The Labute approximate surface area is 150 Å². The van der Waals surface area contributed by atoms with Crippen molar-refractivity contribution in [2.75, 3.05) is 13.2 Å². The van der Waals surface area contributed by atoms with Crippen molar-refractivity contribution in [2.24, 2.45) is 5.92 Å². The predicted molar refractivity (Wildman–Crippen MR) is 101 cm³/mol. The van der Waals surface area contributed by atoms with Gasteiger partial charge < -0.3 is 9.64 Å². The maximum Gasteiger partial charge on any atom is 0.145 e. The summed E-state index contributed by atoms with van der Waals surface area (Å²) >= 11 is 0. The summed E-state index contributed by atoms with van der Waals surface area (Å²) in [4.78, 5) is 2.59. The molecule has 1 saturated heterocycles. The lowest BCUT2D eigenvalue weighted by Crippen LogP contribution is -2.55. The van der Waals surface area contributed by atoms with Gasteiger partial charge in [-0.25, -0.2) is 0 Å². The van der Waals surface area contributed by atoms with Crippen LogP contribution in [-0.2, 0) is 4.74 Å². The number of benzene rings is 2. The number of nitrogens with zero attached hydrogens (tertiary/aromatic N) is 1. The minimum Gasteiger partial charge on any atom is -0.353 e. The SMILES string of the molecule is C1=C(c2ccccc2)N2CCO[C@]23CCCC[C@H]3[C@H]1c1ccccc1. The topological polar surface area (TPSA) is 12.5 Å². The van der Waals surface area contributed by atoms with E-state index >= 15 is 0 Å². The average molecular weight is 331 g/mol. The molecule has 2 aromatic carbocycles. The molecule has 0 radical (unpaired) electrons. The Hall–Kier alpha value is -2.06. The lowest BCUT2D eigenvalue weighted by atomic mass is 9.68. The summed E-state index contributed by atoms with van der Waals surface area (Å²) in [6, 6.07) is 21.9. The van der Waals surface area contributed by atoms with Gasteiger partial charge >= 0.3 is 0 Å². The molecule has 128 valence electrons. The summed E-state index contributed by atoms with van der Waals surface area (Å²) in [5, 5.41) is 0. The fraction of sp³-hybridized carbons (Fsp3) is 0.391. The van der Waals surface area contributed by atoms with Crippen LogP contribution in [0.3, 0.4) is 0 Å². The second-order valence-electron chi connectivity index (χ2n) is 7.55. The molecule has 1 aliphatic carbocycles. The van der Waals surface area contributed by atoms with Crippen LogP contribution in [0.5, 0.6) is 0 Å². The van der Waals surface area contributed by atoms with Crippen molar-refractivity contribution in [1.29, 1.82) is 0 Å². The van der Waals surface area contributed by atoms with Gasteiger partial charge in [0.25, 0.3) is 0 Å². The van der Waals surface area contributed by atoms with Crippen LogP contribution in [-0.4, -0.2) is 23.8 Å². The summed E-state index contributed by atoms with van der Waals surface area (Å²) in [5.41, 5.74) is 4.01. The first-order chi connectivity index (χ1) is 12.4. The summed E-state index contributed by atoms with van der Waals surface area (Å²) in [7, 11) is 0. The van der Waals surface area contributed by atoms with E-state index in [2.05, 4.69) is 71.6 Å². The van der Waals surface area contributed by atoms with Crippen LogP contribution in [0.25, 0.3) is 5.70 Å². The number of rotatable bonds is 2. The zero-order valence-corrected chi connectivity index (χ0v) is 14.6. The summed E-state index contributed by atoms with van der Waals surface area (Å²) in [6.07, 6.45) is 7.53. The minimum absolute atomic E-state index is 0.0985. The molecular formula is C23H25NO. The summed E-state index contributed by atoms with van der Waals surface area (Å²) in [5.74, 6) is 0.990. The molecule has 0 N–H and O–H groups in total. The van der Waals surface area contributed by atoms with Gasteiger partial charge in [0.15, 0.2) is 0 Å². The summed E-state index contributed by atoms with van der Waals surface area (Å²) < 4.78 is 6.54. The van der Waals surface area contributed by atoms with Crippen LogP contribution in [0.4, 0.5) is 0 Å². The van der Waals surface area contributed by atoms with E-state index in [1.165, 1.54) is 36.1 Å². The van der Waals surface area contributed by atoms with Crippen molar-refractivity contribution in [3.05, 3.63) is 77.9 Å². The van der Waals surface area contributed by atoms with Gasteiger partial charge in [0.1, 0.15) is 5.72 Å². The zero-order chi connectivity index (χ0) is 16.7. The predicted octanol–water partition coefficient (Wildman–Crippen LogP) is 5.04. The molecule has 0 aromatic heterocycles. The van der Waals surface area contributed by atoms with Gasteiger partial charge in [-0.3, -0.25) is 0 Å². The molecule has 2 aliphatic heterocycles. The number of ether oxygens (including phenoxy) is 1. The van der Waals surface area contributed by atoms with Crippen LogP contribution < -0.4 is 0 Å². The van der Waals surface area contributed by atoms with Gasteiger partial charge in [0.05, 0.1) is 6.61 Å². The highest BCUT2D eigenvalue weighted by atomic mass is 16.5. The number of hydrogen-bond acceptors (Lipinski definition) is 2. The van der Waals surface area contributed by atoms with Gasteiger partial charge in [-0.05, 0) is 30.4 Å². The van der Waals surface area contributed by atoms with E-state index in [-0.39, 0.29) is 5.72 Å². The monoisotopic (exact) mass is 331 g/mol.